The lowest BCUT2D eigenvalue weighted by atomic mass is 10.1. The van der Waals surface area contributed by atoms with Gasteiger partial charge in [0.15, 0.2) is 5.96 Å². The Balaban J connectivity index is 0.00000225. The van der Waals surface area contributed by atoms with Gasteiger partial charge in [0, 0.05) is 38.7 Å². The summed E-state index contributed by atoms with van der Waals surface area (Å²) in [6.45, 7) is 5.18. The summed E-state index contributed by atoms with van der Waals surface area (Å²) in [5.41, 5.74) is 0.807. The highest BCUT2D eigenvalue weighted by atomic mass is 127. The van der Waals surface area contributed by atoms with Crippen molar-refractivity contribution in [2.75, 3.05) is 33.4 Å². The molecule has 2 atom stereocenters. The van der Waals surface area contributed by atoms with E-state index in [1.165, 1.54) is 18.9 Å². The number of likely N-dealkylation sites (N-methyl/N-ethyl adjacent to an activating group) is 1. The smallest absolute Gasteiger partial charge is 0.193 e. The second kappa shape index (κ2) is 9.71. The van der Waals surface area contributed by atoms with Gasteiger partial charge in [-0.1, -0.05) is 18.2 Å². The molecule has 0 saturated heterocycles. The fraction of sp³-hybridized carbons (Fsp3) is 0.632. The molecule has 0 radical (unpaired) electrons. The number of nitrogens with zero attached hydrogens (tertiary/aromatic N) is 2. The van der Waals surface area contributed by atoms with Crippen molar-refractivity contribution < 1.29 is 9.13 Å². The van der Waals surface area contributed by atoms with Crippen LogP contribution in [0.1, 0.15) is 37.7 Å². The zero-order valence-electron chi connectivity index (χ0n) is 15.1. The average molecular weight is 461 g/mol. The number of rotatable bonds is 8. The highest BCUT2D eigenvalue weighted by Gasteiger charge is 2.40. The zero-order valence-corrected chi connectivity index (χ0v) is 17.4. The molecule has 2 aliphatic carbocycles. The van der Waals surface area contributed by atoms with E-state index in [4.69, 9.17) is 4.74 Å². The van der Waals surface area contributed by atoms with Gasteiger partial charge in [0.05, 0.1) is 6.61 Å². The molecular weight excluding hydrogens is 432 g/mol. The first-order valence-electron chi connectivity index (χ1n) is 9.03. The molecule has 0 aliphatic heterocycles. The molecule has 3 rings (SSSR count). The van der Waals surface area contributed by atoms with Crippen LogP contribution < -0.4 is 5.32 Å². The van der Waals surface area contributed by atoms with Gasteiger partial charge in [-0.3, -0.25) is 4.99 Å². The minimum Gasteiger partial charge on any atom is -0.379 e. The van der Waals surface area contributed by atoms with Crippen LogP contribution in [0, 0.1) is 11.7 Å². The van der Waals surface area contributed by atoms with Crippen molar-refractivity contribution in [3.8, 4) is 0 Å². The summed E-state index contributed by atoms with van der Waals surface area (Å²) >= 11 is 0. The van der Waals surface area contributed by atoms with Gasteiger partial charge in [0.1, 0.15) is 5.82 Å². The van der Waals surface area contributed by atoms with Gasteiger partial charge < -0.3 is 15.0 Å². The summed E-state index contributed by atoms with van der Waals surface area (Å²) in [7, 11) is 2.03. The highest BCUT2D eigenvalue weighted by molar-refractivity contribution is 14.0. The molecule has 2 aliphatic rings. The van der Waals surface area contributed by atoms with Crippen molar-refractivity contribution >= 4 is 29.9 Å². The summed E-state index contributed by atoms with van der Waals surface area (Å²) in [6, 6.07) is 7.33. The summed E-state index contributed by atoms with van der Waals surface area (Å²) in [6.07, 6.45) is 3.59. The molecule has 140 valence electrons. The van der Waals surface area contributed by atoms with Crippen LogP contribution in [0.5, 0.6) is 0 Å². The van der Waals surface area contributed by atoms with Crippen molar-refractivity contribution in [3.05, 3.63) is 35.6 Å². The summed E-state index contributed by atoms with van der Waals surface area (Å²) in [5.74, 6) is 1.82. The Morgan fingerprint density at radius 2 is 2.12 bits per heavy atom. The molecule has 1 N–H and O–H groups in total. The number of guanidine groups is 1. The number of hydrogen-bond acceptors (Lipinski definition) is 2. The van der Waals surface area contributed by atoms with Gasteiger partial charge in [-0.15, -0.1) is 24.0 Å². The lowest BCUT2D eigenvalue weighted by molar-refractivity contribution is 0.115. The van der Waals surface area contributed by atoms with Crippen LogP contribution in [0.3, 0.4) is 0 Å². The topological polar surface area (TPSA) is 36.9 Å². The number of aliphatic imine (C=N–C) groups is 1. The lowest BCUT2D eigenvalue weighted by Crippen LogP contribution is -2.42. The third kappa shape index (κ3) is 6.09. The largest absolute Gasteiger partial charge is 0.379 e. The molecule has 25 heavy (non-hydrogen) atoms. The maximum atomic E-state index is 13.9. The zero-order chi connectivity index (χ0) is 16.9. The van der Waals surface area contributed by atoms with Crippen LogP contribution in [-0.4, -0.2) is 50.3 Å². The molecule has 2 fully saturated rings. The molecule has 1 aromatic carbocycles. The van der Waals surface area contributed by atoms with Crippen LogP contribution in [0.25, 0.3) is 0 Å². The Bertz CT molecular complexity index is 580. The standard InChI is InChI=1S/C19H28FN3O.HI/c1-3-21-19(23(2)10-11-24-13-14-8-9-14)22-18-12-16(18)15-6-4-5-7-17(15)20;/h4-7,14,16,18H,3,8-13H2,1-2H3,(H,21,22);1H. The van der Waals surface area contributed by atoms with E-state index < -0.39 is 0 Å². The minimum atomic E-state index is -0.109. The maximum absolute atomic E-state index is 13.9. The first kappa shape index (κ1) is 20.4. The van der Waals surface area contributed by atoms with Gasteiger partial charge in [-0.05, 0) is 43.7 Å². The van der Waals surface area contributed by atoms with Crippen LogP contribution in [0.4, 0.5) is 4.39 Å². The van der Waals surface area contributed by atoms with Crippen molar-refractivity contribution in [2.24, 2.45) is 10.9 Å². The summed E-state index contributed by atoms with van der Waals surface area (Å²) < 4.78 is 19.6. The fourth-order valence-electron chi connectivity index (χ4n) is 2.91. The SMILES string of the molecule is CCN=C(NC1CC1c1ccccc1F)N(C)CCOCC1CC1.I. The Morgan fingerprint density at radius 1 is 1.36 bits per heavy atom. The molecule has 0 bridgehead atoms. The second-order valence-electron chi connectivity index (χ2n) is 6.85. The van der Waals surface area contributed by atoms with Crippen LogP contribution in [-0.2, 0) is 4.74 Å². The Morgan fingerprint density at radius 3 is 2.80 bits per heavy atom. The highest BCUT2D eigenvalue weighted by Crippen LogP contribution is 2.41. The quantitative estimate of drug-likeness (QED) is 0.278. The third-order valence-corrected chi connectivity index (χ3v) is 4.70. The summed E-state index contributed by atoms with van der Waals surface area (Å²) in [5, 5.41) is 3.48. The van der Waals surface area contributed by atoms with E-state index in [0.29, 0.717) is 0 Å². The van der Waals surface area contributed by atoms with E-state index in [2.05, 4.69) is 15.2 Å². The number of benzene rings is 1. The number of ether oxygens (including phenoxy) is 1. The monoisotopic (exact) mass is 461 g/mol. The van der Waals surface area contributed by atoms with Crippen molar-refractivity contribution in [1.82, 2.24) is 10.2 Å². The van der Waals surface area contributed by atoms with Crippen molar-refractivity contribution in [1.29, 1.82) is 0 Å². The third-order valence-electron chi connectivity index (χ3n) is 4.70. The predicted octanol–water partition coefficient (Wildman–Crippen LogP) is 3.62. The van der Waals surface area contributed by atoms with Crippen molar-refractivity contribution in [3.63, 3.8) is 0 Å². The molecule has 2 saturated carbocycles. The van der Waals surface area contributed by atoms with Crippen LogP contribution >= 0.6 is 24.0 Å². The van der Waals surface area contributed by atoms with Crippen LogP contribution in [0.2, 0.25) is 0 Å². The van der Waals surface area contributed by atoms with Crippen molar-refractivity contribution in [2.45, 2.75) is 38.1 Å². The molecule has 0 amide bonds. The number of nitrogens with one attached hydrogen (secondary N) is 1. The maximum Gasteiger partial charge on any atom is 0.193 e. The Labute approximate surface area is 167 Å². The van der Waals surface area contributed by atoms with E-state index in [-0.39, 0.29) is 41.8 Å². The summed E-state index contributed by atoms with van der Waals surface area (Å²) in [4.78, 5) is 6.67. The minimum absolute atomic E-state index is 0. The van der Waals surface area contributed by atoms with E-state index in [1.807, 2.05) is 26.1 Å². The molecule has 0 spiro atoms. The molecule has 0 heterocycles. The van der Waals surface area contributed by atoms with E-state index in [0.717, 1.165) is 50.2 Å². The van der Waals surface area contributed by atoms with Gasteiger partial charge in [0.25, 0.3) is 0 Å². The average Bonchev–Trinajstić information content (AvgIpc) is 3.47. The number of hydrogen-bond donors (Lipinski definition) is 1. The number of halogens is 2. The Hall–Kier alpha value is -0.890. The van der Waals surface area contributed by atoms with Gasteiger partial charge in [-0.2, -0.15) is 0 Å². The van der Waals surface area contributed by atoms with Gasteiger partial charge in [0.2, 0.25) is 0 Å². The van der Waals surface area contributed by atoms with Gasteiger partial charge >= 0.3 is 0 Å². The predicted molar refractivity (Wildman–Crippen MR) is 110 cm³/mol. The normalized spacial score (nSPS) is 22.3. The lowest BCUT2D eigenvalue weighted by Gasteiger charge is -2.22. The molecule has 4 nitrogen and oxygen atoms in total. The molecule has 2 unspecified atom stereocenters. The Kier molecular flexibility index (Phi) is 7.93. The van der Waals surface area contributed by atoms with E-state index in [9.17, 15) is 4.39 Å². The molecular formula is C19H29FIN3O. The van der Waals surface area contributed by atoms with E-state index in [1.54, 1.807) is 6.07 Å². The molecule has 1 aromatic rings. The van der Waals surface area contributed by atoms with Gasteiger partial charge in [-0.25, -0.2) is 4.39 Å². The first-order chi connectivity index (χ1) is 11.7. The van der Waals surface area contributed by atoms with Crippen LogP contribution in [0.15, 0.2) is 29.3 Å². The first-order valence-corrected chi connectivity index (χ1v) is 9.03. The van der Waals surface area contributed by atoms with E-state index >= 15 is 0 Å². The molecule has 6 heteroatoms. The molecule has 0 aromatic heterocycles. The fourth-order valence-corrected chi connectivity index (χ4v) is 2.91. The second-order valence-corrected chi connectivity index (χ2v) is 6.85.